The number of fused-ring (bicyclic) bond motifs is 1. The second-order valence-corrected chi connectivity index (χ2v) is 7.40. The zero-order chi connectivity index (χ0) is 21.1. The molecular weight excluding hydrogens is 376 g/mol. The van der Waals surface area contributed by atoms with Crippen LogP contribution in [0, 0.1) is 6.92 Å². The second-order valence-electron chi connectivity index (χ2n) is 7.40. The number of anilines is 2. The Bertz CT molecular complexity index is 1090. The van der Waals surface area contributed by atoms with Crippen LogP contribution in [0.2, 0.25) is 0 Å². The molecule has 0 spiro atoms. The number of ether oxygens (including phenoxy) is 1. The van der Waals surface area contributed by atoms with Gasteiger partial charge in [0.2, 0.25) is 0 Å². The molecule has 0 fully saturated rings. The Hall–Kier alpha value is -3.60. The van der Waals surface area contributed by atoms with Crippen molar-refractivity contribution in [1.29, 1.82) is 0 Å². The summed E-state index contributed by atoms with van der Waals surface area (Å²) in [5, 5.41) is 2.98. The van der Waals surface area contributed by atoms with Crippen molar-refractivity contribution in [2.45, 2.75) is 26.8 Å². The van der Waals surface area contributed by atoms with Crippen molar-refractivity contribution in [2.75, 3.05) is 16.8 Å². The Balaban J connectivity index is 1.62. The first-order chi connectivity index (χ1) is 14.5. The summed E-state index contributed by atoms with van der Waals surface area (Å²) < 4.78 is 5.59. The third-order valence-electron chi connectivity index (χ3n) is 5.27. The molecule has 5 nitrogen and oxygen atoms in total. The normalized spacial score (nSPS) is 12.9. The number of benzene rings is 3. The molecule has 0 bridgehead atoms. The van der Waals surface area contributed by atoms with Crippen LogP contribution in [0.15, 0.2) is 66.7 Å². The standard InChI is InChI=1S/C25H24N2O3/c1-3-19-6-4-5-7-21(19)26-25(29)20-12-13-23-22(14-20)27(24(28)16-30-23)15-18-10-8-17(2)9-11-18/h4-14H,3,15-16H2,1-2H3,(H,26,29). The van der Waals surface area contributed by atoms with Gasteiger partial charge in [0.05, 0.1) is 12.2 Å². The first-order valence-corrected chi connectivity index (χ1v) is 10.1. The van der Waals surface area contributed by atoms with E-state index in [9.17, 15) is 9.59 Å². The van der Waals surface area contributed by atoms with E-state index in [-0.39, 0.29) is 18.4 Å². The van der Waals surface area contributed by atoms with Gasteiger partial charge in [-0.2, -0.15) is 0 Å². The van der Waals surface area contributed by atoms with Gasteiger partial charge in [0, 0.05) is 11.3 Å². The number of nitrogens with one attached hydrogen (secondary N) is 1. The SMILES string of the molecule is CCc1ccccc1NC(=O)c1ccc2c(c1)N(Cc1ccc(C)cc1)C(=O)CO2. The van der Waals surface area contributed by atoms with Gasteiger partial charge in [0.25, 0.3) is 11.8 Å². The molecule has 0 saturated heterocycles. The van der Waals surface area contributed by atoms with Crippen molar-refractivity contribution in [3.8, 4) is 5.75 Å². The number of carbonyl (C=O) groups excluding carboxylic acids is 2. The molecule has 30 heavy (non-hydrogen) atoms. The fourth-order valence-electron chi connectivity index (χ4n) is 3.54. The predicted molar refractivity (Wildman–Crippen MR) is 118 cm³/mol. The Morgan fingerprint density at radius 2 is 1.83 bits per heavy atom. The highest BCUT2D eigenvalue weighted by molar-refractivity contribution is 6.07. The lowest BCUT2D eigenvalue weighted by Crippen LogP contribution is -2.38. The maximum atomic E-state index is 12.9. The highest BCUT2D eigenvalue weighted by atomic mass is 16.5. The zero-order valence-electron chi connectivity index (χ0n) is 17.1. The average molecular weight is 400 g/mol. The van der Waals surface area contributed by atoms with Crippen LogP contribution >= 0.6 is 0 Å². The van der Waals surface area contributed by atoms with E-state index in [1.807, 2.05) is 55.5 Å². The minimum atomic E-state index is -0.216. The van der Waals surface area contributed by atoms with Crippen LogP contribution in [-0.4, -0.2) is 18.4 Å². The van der Waals surface area contributed by atoms with Crippen LogP contribution in [0.3, 0.4) is 0 Å². The summed E-state index contributed by atoms with van der Waals surface area (Å²) in [6.45, 7) is 4.50. The summed E-state index contributed by atoms with van der Waals surface area (Å²) in [5.74, 6) is 0.260. The molecule has 152 valence electrons. The molecule has 1 N–H and O–H groups in total. The Morgan fingerprint density at radius 3 is 2.60 bits per heavy atom. The molecular formula is C25H24N2O3. The lowest BCUT2D eigenvalue weighted by atomic mass is 10.1. The van der Waals surface area contributed by atoms with Crippen molar-refractivity contribution in [2.24, 2.45) is 0 Å². The van der Waals surface area contributed by atoms with Gasteiger partial charge < -0.3 is 15.0 Å². The molecule has 1 heterocycles. The molecule has 0 radical (unpaired) electrons. The molecule has 1 aliphatic heterocycles. The molecule has 2 amide bonds. The third-order valence-corrected chi connectivity index (χ3v) is 5.27. The van der Waals surface area contributed by atoms with Gasteiger partial charge in [0.15, 0.2) is 6.61 Å². The van der Waals surface area contributed by atoms with Crippen molar-refractivity contribution in [3.05, 3.63) is 89.0 Å². The summed E-state index contributed by atoms with van der Waals surface area (Å²) in [6.07, 6.45) is 0.827. The maximum absolute atomic E-state index is 12.9. The van der Waals surface area contributed by atoms with Gasteiger partial charge in [-0.25, -0.2) is 0 Å². The van der Waals surface area contributed by atoms with Gasteiger partial charge >= 0.3 is 0 Å². The van der Waals surface area contributed by atoms with Crippen LogP contribution in [0.25, 0.3) is 0 Å². The van der Waals surface area contributed by atoms with Gasteiger partial charge in [-0.3, -0.25) is 9.59 Å². The van der Waals surface area contributed by atoms with Crippen molar-refractivity contribution in [1.82, 2.24) is 0 Å². The average Bonchev–Trinajstić information content (AvgIpc) is 2.77. The largest absolute Gasteiger partial charge is 0.482 e. The Labute approximate surface area is 176 Å². The molecule has 0 aliphatic carbocycles. The van der Waals surface area contributed by atoms with E-state index < -0.39 is 0 Å². The Kier molecular flexibility index (Phi) is 5.53. The minimum absolute atomic E-state index is 0.00567. The van der Waals surface area contributed by atoms with E-state index in [0.29, 0.717) is 23.5 Å². The molecule has 0 aromatic heterocycles. The van der Waals surface area contributed by atoms with Gasteiger partial charge in [0.1, 0.15) is 5.75 Å². The smallest absolute Gasteiger partial charge is 0.265 e. The summed E-state index contributed by atoms with van der Waals surface area (Å²) >= 11 is 0. The molecule has 4 rings (SSSR count). The van der Waals surface area contributed by atoms with Gasteiger partial charge in [-0.1, -0.05) is 55.0 Å². The fraction of sp³-hybridized carbons (Fsp3) is 0.200. The topological polar surface area (TPSA) is 58.6 Å². The fourth-order valence-corrected chi connectivity index (χ4v) is 3.54. The van der Waals surface area contributed by atoms with E-state index in [0.717, 1.165) is 23.2 Å². The lowest BCUT2D eigenvalue weighted by Gasteiger charge is -2.30. The molecule has 0 atom stereocenters. The van der Waals surface area contributed by atoms with Crippen LogP contribution in [0.5, 0.6) is 5.75 Å². The lowest BCUT2D eigenvalue weighted by molar-refractivity contribution is -0.121. The minimum Gasteiger partial charge on any atom is -0.482 e. The number of rotatable bonds is 5. The first-order valence-electron chi connectivity index (χ1n) is 10.1. The predicted octanol–water partition coefficient (Wildman–Crippen LogP) is 4.74. The summed E-state index contributed by atoms with van der Waals surface area (Å²) in [4.78, 5) is 27.2. The Morgan fingerprint density at radius 1 is 1.07 bits per heavy atom. The summed E-state index contributed by atoms with van der Waals surface area (Å²) in [6, 6.07) is 21.0. The number of para-hydroxylation sites is 1. The maximum Gasteiger partial charge on any atom is 0.265 e. The molecule has 0 saturated carbocycles. The van der Waals surface area contributed by atoms with Crippen molar-refractivity contribution >= 4 is 23.2 Å². The number of amides is 2. The highest BCUT2D eigenvalue weighted by Gasteiger charge is 2.27. The van der Waals surface area contributed by atoms with Crippen molar-refractivity contribution < 1.29 is 14.3 Å². The number of aryl methyl sites for hydroxylation is 2. The van der Waals surface area contributed by atoms with Crippen LogP contribution in [0.1, 0.15) is 34.0 Å². The molecule has 5 heteroatoms. The summed E-state index contributed by atoms with van der Waals surface area (Å²) in [7, 11) is 0. The zero-order valence-corrected chi connectivity index (χ0v) is 17.1. The van der Waals surface area contributed by atoms with Gasteiger partial charge in [-0.05, 0) is 48.7 Å². The number of carbonyl (C=O) groups is 2. The number of hydrogen-bond acceptors (Lipinski definition) is 3. The van der Waals surface area contributed by atoms with Crippen LogP contribution in [-0.2, 0) is 17.8 Å². The van der Waals surface area contributed by atoms with E-state index in [1.54, 1.807) is 23.1 Å². The highest BCUT2D eigenvalue weighted by Crippen LogP contribution is 2.34. The van der Waals surface area contributed by atoms with E-state index in [1.165, 1.54) is 5.56 Å². The van der Waals surface area contributed by atoms with Crippen LogP contribution < -0.4 is 15.0 Å². The monoisotopic (exact) mass is 400 g/mol. The van der Waals surface area contributed by atoms with Gasteiger partial charge in [-0.15, -0.1) is 0 Å². The van der Waals surface area contributed by atoms with E-state index in [4.69, 9.17) is 4.74 Å². The van der Waals surface area contributed by atoms with Crippen LogP contribution in [0.4, 0.5) is 11.4 Å². The molecule has 1 aliphatic rings. The second kappa shape index (κ2) is 8.41. The molecule has 3 aromatic rings. The number of nitrogens with zero attached hydrogens (tertiary/aromatic N) is 1. The third kappa shape index (κ3) is 4.06. The quantitative estimate of drug-likeness (QED) is 0.673. The van der Waals surface area contributed by atoms with E-state index in [2.05, 4.69) is 12.2 Å². The van der Waals surface area contributed by atoms with E-state index >= 15 is 0 Å². The number of hydrogen-bond donors (Lipinski definition) is 1. The molecule has 0 unspecified atom stereocenters. The first kappa shape index (κ1) is 19.7. The molecule has 3 aromatic carbocycles. The summed E-state index contributed by atoms with van der Waals surface area (Å²) in [5.41, 5.74) is 5.15. The van der Waals surface area contributed by atoms with Crippen molar-refractivity contribution in [3.63, 3.8) is 0 Å².